The third-order valence-electron chi connectivity index (χ3n) is 4.19. The molecule has 0 unspecified atom stereocenters. The standard InChI is InChI=1S/C18H23F2N5O3/c1-3-5-8-25-16(21)15(17(27)23-18(25)28)24(4-2)10-14(26)22-13-7-6-11(19)9-12(13)20/h6-7,9H,3-5,8,10,21H2,1-2H3,(H,22,26)(H,23,27,28). The first kappa shape index (κ1) is 21.1. The molecule has 10 heteroatoms. The number of rotatable bonds is 8. The second-order valence-corrected chi connectivity index (χ2v) is 6.18. The second-order valence-electron chi connectivity index (χ2n) is 6.18. The Morgan fingerprint density at radius 2 is 2.00 bits per heavy atom. The van der Waals surface area contributed by atoms with E-state index in [0.29, 0.717) is 19.0 Å². The maximum Gasteiger partial charge on any atom is 0.330 e. The van der Waals surface area contributed by atoms with Gasteiger partial charge in [0.25, 0.3) is 5.56 Å². The van der Waals surface area contributed by atoms with Crippen molar-refractivity contribution < 1.29 is 13.6 Å². The van der Waals surface area contributed by atoms with Gasteiger partial charge in [-0.25, -0.2) is 13.6 Å². The van der Waals surface area contributed by atoms with Crippen molar-refractivity contribution in [3.8, 4) is 0 Å². The molecule has 2 aromatic rings. The van der Waals surface area contributed by atoms with Crippen LogP contribution in [0.25, 0.3) is 0 Å². The Morgan fingerprint density at radius 3 is 2.61 bits per heavy atom. The van der Waals surface area contributed by atoms with E-state index in [4.69, 9.17) is 5.73 Å². The molecule has 1 heterocycles. The van der Waals surface area contributed by atoms with Gasteiger partial charge in [-0.3, -0.25) is 19.1 Å². The first-order chi connectivity index (χ1) is 13.3. The number of benzene rings is 1. The number of likely N-dealkylation sites (N-methyl/N-ethyl adjacent to an activating group) is 1. The minimum Gasteiger partial charge on any atom is -0.383 e. The first-order valence-corrected chi connectivity index (χ1v) is 8.90. The number of aromatic amines is 1. The quantitative estimate of drug-likeness (QED) is 0.629. The van der Waals surface area contributed by atoms with E-state index in [1.54, 1.807) is 6.92 Å². The summed E-state index contributed by atoms with van der Waals surface area (Å²) < 4.78 is 27.9. The van der Waals surface area contributed by atoms with Crippen molar-refractivity contribution in [2.24, 2.45) is 0 Å². The number of hydrogen-bond donors (Lipinski definition) is 3. The van der Waals surface area contributed by atoms with Gasteiger partial charge in [0, 0.05) is 19.2 Å². The molecular formula is C18H23F2N5O3. The van der Waals surface area contributed by atoms with E-state index < -0.39 is 28.8 Å². The number of aromatic nitrogens is 2. The number of nitrogens with zero attached hydrogens (tertiary/aromatic N) is 2. The Labute approximate surface area is 160 Å². The van der Waals surface area contributed by atoms with Crippen molar-refractivity contribution in [3.63, 3.8) is 0 Å². The zero-order valence-electron chi connectivity index (χ0n) is 15.7. The summed E-state index contributed by atoms with van der Waals surface area (Å²) in [5, 5.41) is 2.33. The molecule has 8 nitrogen and oxygen atoms in total. The Balaban J connectivity index is 2.28. The summed E-state index contributed by atoms with van der Waals surface area (Å²) in [6, 6.07) is 2.77. The summed E-state index contributed by atoms with van der Waals surface area (Å²) in [5.41, 5.74) is 4.52. The van der Waals surface area contributed by atoms with Gasteiger partial charge in [0.1, 0.15) is 23.1 Å². The molecule has 4 N–H and O–H groups in total. The number of nitrogen functional groups attached to an aromatic ring is 1. The van der Waals surface area contributed by atoms with E-state index in [0.717, 1.165) is 18.6 Å². The van der Waals surface area contributed by atoms with Crippen LogP contribution in [-0.4, -0.2) is 28.5 Å². The highest BCUT2D eigenvalue weighted by Gasteiger charge is 2.20. The number of unbranched alkanes of at least 4 members (excludes halogenated alkanes) is 1. The van der Waals surface area contributed by atoms with Crippen LogP contribution in [0.3, 0.4) is 0 Å². The second kappa shape index (κ2) is 9.16. The van der Waals surface area contributed by atoms with Gasteiger partial charge >= 0.3 is 5.69 Å². The molecule has 0 aliphatic carbocycles. The zero-order chi connectivity index (χ0) is 20.8. The van der Waals surface area contributed by atoms with Gasteiger partial charge in [0.05, 0.1) is 12.2 Å². The lowest BCUT2D eigenvalue weighted by Gasteiger charge is -2.24. The number of halogens is 2. The molecule has 0 bridgehead atoms. The van der Waals surface area contributed by atoms with Crippen LogP contribution in [0, 0.1) is 11.6 Å². The molecule has 28 heavy (non-hydrogen) atoms. The number of H-pyrrole nitrogens is 1. The van der Waals surface area contributed by atoms with Crippen molar-refractivity contribution >= 4 is 23.1 Å². The van der Waals surface area contributed by atoms with E-state index in [1.165, 1.54) is 9.47 Å². The fourth-order valence-corrected chi connectivity index (χ4v) is 2.72. The third kappa shape index (κ3) is 4.76. The molecule has 0 fully saturated rings. The normalized spacial score (nSPS) is 10.7. The number of nitrogens with one attached hydrogen (secondary N) is 2. The van der Waals surface area contributed by atoms with E-state index in [1.807, 2.05) is 6.92 Å². The van der Waals surface area contributed by atoms with Gasteiger partial charge < -0.3 is 16.0 Å². The topological polar surface area (TPSA) is 113 Å². The van der Waals surface area contributed by atoms with E-state index in [9.17, 15) is 23.2 Å². The zero-order valence-corrected chi connectivity index (χ0v) is 15.7. The number of nitrogens with two attached hydrogens (primary N) is 1. The molecule has 152 valence electrons. The van der Waals surface area contributed by atoms with Crippen LogP contribution in [0.15, 0.2) is 27.8 Å². The molecule has 0 atom stereocenters. The molecule has 0 aliphatic rings. The fraction of sp³-hybridized carbons (Fsp3) is 0.389. The average Bonchev–Trinajstić information content (AvgIpc) is 2.62. The molecule has 0 saturated heterocycles. The van der Waals surface area contributed by atoms with Gasteiger partial charge in [-0.05, 0) is 25.5 Å². The van der Waals surface area contributed by atoms with E-state index in [-0.39, 0.29) is 30.3 Å². The molecule has 1 amide bonds. The van der Waals surface area contributed by atoms with Gasteiger partial charge in [-0.2, -0.15) is 0 Å². The largest absolute Gasteiger partial charge is 0.383 e. The van der Waals surface area contributed by atoms with Crippen LogP contribution >= 0.6 is 0 Å². The minimum atomic E-state index is -0.915. The Kier molecular flexibility index (Phi) is 6.91. The van der Waals surface area contributed by atoms with Crippen molar-refractivity contribution in [3.05, 3.63) is 50.7 Å². The van der Waals surface area contributed by atoms with Gasteiger partial charge in [0.15, 0.2) is 0 Å². The van der Waals surface area contributed by atoms with Gasteiger partial charge in [0.2, 0.25) is 5.91 Å². The fourth-order valence-electron chi connectivity index (χ4n) is 2.72. The maximum atomic E-state index is 13.7. The summed E-state index contributed by atoms with van der Waals surface area (Å²) in [7, 11) is 0. The summed E-state index contributed by atoms with van der Waals surface area (Å²) in [6.07, 6.45) is 1.51. The van der Waals surface area contributed by atoms with Crippen molar-refractivity contribution in [2.75, 3.05) is 29.0 Å². The van der Waals surface area contributed by atoms with Gasteiger partial charge in [-0.15, -0.1) is 0 Å². The number of carbonyl (C=O) groups is 1. The van der Waals surface area contributed by atoms with Crippen molar-refractivity contribution in [2.45, 2.75) is 33.2 Å². The van der Waals surface area contributed by atoms with Crippen molar-refractivity contribution in [1.29, 1.82) is 0 Å². The summed E-state index contributed by atoms with van der Waals surface area (Å²) in [4.78, 5) is 40.2. The average molecular weight is 395 g/mol. The molecule has 0 saturated carbocycles. The Hall–Kier alpha value is -3.17. The van der Waals surface area contributed by atoms with E-state index >= 15 is 0 Å². The predicted octanol–water partition coefficient (Wildman–Crippen LogP) is 1.66. The molecular weight excluding hydrogens is 372 g/mol. The van der Waals surface area contributed by atoms with Crippen LogP contribution in [0.4, 0.5) is 26.0 Å². The third-order valence-corrected chi connectivity index (χ3v) is 4.19. The molecule has 1 aromatic carbocycles. The molecule has 0 radical (unpaired) electrons. The van der Waals surface area contributed by atoms with Crippen LogP contribution in [0.1, 0.15) is 26.7 Å². The Bertz CT molecular complexity index is 971. The number of hydrogen-bond acceptors (Lipinski definition) is 5. The minimum absolute atomic E-state index is 0.00655. The summed E-state index contributed by atoms with van der Waals surface area (Å²) in [6.45, 7) is 3.90. The maximum absolute atomic E-state index is 13.7. The van der Waals surface area contributed by atoms with E-state index in [2.05, 4.69) is 10.3 Å². The summed E-state index contributed by atoms with van der Waals surface area (Å²) in [5.74, 6) is -2.34. The smallest absolute Gasteiger partial charge is 0.330 e. The Morgan fingerprint density at radius 1 is 1.29 bits per heavy atom. The number of carbonyl (C=O) groups excluding carboxylic acids is 1. The number of anilines is 3. The van der Waals surface area contributed by atoms with Crippen LogP contribution in [0.2, 0.25) is 0 Å². The highest BCUT2D eigenvalue weighted by atomic mass is 19.1. The SMILES string of the molecule is CCCCn1c(N)c(N(CC)CC(=O)Nc2ccc(F)cc2F)c(=O)[nH]c1=O. The number of amides is 1. The monoisotopic (exact) mass is 395 g/mol. The highest BCUT2D eigenvalue weighted by Crippen LogP contribution is 2.18. The van der Waals surface area contributed by atoms with Crippen LogP contribution < -0.4 is 27.2 Å². The van der Waals surface area contributed by atoms with Crippen LogP contribution in [0.5, 0.6) is 0 Å². The highest BCUT2D eigenvalue weighted by molar-refractivity contribution is 5.94. The lowest BCUT2D eigenvalue weighted by molar-refractivity contribution is -0.115. The van der Waals surface area contributed by atoms with Crippen molar-refractivity contribution in [1.82, 2.24) is 9.55 Å². The van der Waals surface area contributed by atoms with Crippen LogP contribution in [-0.2, 0) is 11.3 Å². The lowest BCUT2D eigenvalue weighted by atomic mass is 10.3. The molecule has 0 aliphatic heterocycles. The lowest BCUT2D eigenvalue weighted by Crippen LogP contribution is -2.41. The summed E-state index contributed by atoms with van der Waals surface area (Å²) >= 11 is 0. The first-order valence-electron chi connectivity index (χ1n) is 8.90. The van der Waals surface area contributed by atoms with Gasteiger partial charge in [-0.1, -0.05) is 13.3 Å². The molecule has 0 spiro atoms. The predicted molar refractivity (Wildman–Crippen MR) is 104 cm³/mol. The molecule has 1 aromatic heterocycles. The molecule has 2 rings (SSSR count).